The van der Waals surface area contributed by atoms with Crippen molar-refractivity contribution in [2.24, 2.45) is 5.10 Å². The largest absolute Gasteiger partial charge is 0.497 e. The van der Waals surface area contributed by atoms with Gasteiger partial charge in [-0.3, -0.25) is 15.4 Å². The van der Waals surface area contributed by atoms with Crippen LogP contribution in [0.25, 0.3) is 10.9 Å². The molecule has 3 aromatic rings. The Bertz CT molecular complexity index is 830. The van der Waals surface area contributed by atoms with Gasteiger partial charge in [-0.1, -0.05) is 6.07 Å². The van der Waals surface area contributed by atoms with Gasteiger partial charge < -0.3 is 4.74 Å². The average molecular weight is 292 g/mol. The van der Waals surface area contributed by atoms with Crippen LogP contribution >= 0.6 is 0 Å². The molecule has 22 heavy (non-hydrogen) atoms. The standard InChI is InChI=1S/C17H16N4O/c1-12-4-3-5-13(20-12)11-19-21-17-8-9-18-16-7-6-14(22-2)10-15(16)17/h3-11H,1-2H3,(H,18,21). The Morgan fingerprint density at radius 2 is 2.09 bits per heavy atom. The minimum Gasteiger partial charge on any atom is -0.497 e. The molecule has 0 amide bonds. The zero-order chi connectivity index (χ0) is 15.4. The van der Waals surface area contributed by atoms with Gasteiger partial charge in [0.05, 0.1) is 30.2 Å². The average Bonchev–Trinajstić information content (AvgIpc) is 2.55. The topological polar surface area (TPSA) is 59.4 Å². The first-order chi connectivity index (χ1) is 10.8. The highest BCUT2D eigenvalue weighted by molar-refractivity contribution is 5.92. The Balaban J connectivity index is 1.87. The number of aryl methyl sites for hydroxylation is 1. The lowest BCUT2D eigenvalue weighted by Crippen LogP contribution is -1.95. The molecule has 1 aromatic carbocycles. The molecular weight excluding hydrogens is 276 g/mol. The summed E-state index contributed by atoms with van der Waals surface area (Å²) in [5, 5.41) is 5.21. The predicted molar refractivity (Wildman–Crippen MR) is 88.5 cm³/mol. The second-order valence-corrected chi connectivity index (χ2v) is 4.82. The van der Waals surface area contributed by atoms with Gasteiger partial charge in [0.2, 0.25) is 0 Å². The van der Waals surface area contributed by atoms with Crippen LogP contribution in [0.4, 0.5) is 5.69 Å². The number of nitrogens with zero attached hydrogens (tertiary/aromatic N) is 3. The van der Waals surface area contributed by atoms with E-state index in [4.69, 9.17) is 4.74 Å². The molecule has 3 rings (SSSR count). The van der Waals surface area contributed by atoms with Crippen molar-refractivity contribution in [3.05, 3.63) is 60.0 Å². The first-order valence-corrected chi connectivity index (χ1v) is 6.92. The Morgan fingerprint density at radius 3 is 2.91 bits per heavy atom. The first-order valence-electron chi connectivity index (χ1n) is 6.92. The second kappa shape index (κ2) is 6.22. The lowest BCUT2D eigenvalue weighted by atomic mass is 10.2. The van der Waals surface area contributed by atoms with Crippen molar-refractivity contribution in [2.75, 3.05) is 12.5 Å². The highest BCUT2D eigenvalue weighted by atomic mass is 16.5. The van der Waals surface area contributed by atoms with Crippen molar-refractivity contribution in [1.29, 1.82) is 0 Å². The second-order valence-electron chi connectivity index (χ2n) is 4.82. The minimum absolute atomic E-state index is 0.785. The smallest absolute Gasteiger partial charge is 0.119 e. The summed E-state index contributed by atoms with van der Waals surface area (Å²) < 4.78 is 5.26. The van der Waals surface area contributed by atoms with E-state index in [9.17, 15) is 0 Å². The van der Waals surface area contributed by atoms with E-state index in [1.807, 2.05) is 49.4 Å². The Morgan fingerprint density at radius 1 is 1.18 bits per heavy atom. The van der Waals surface area contributed by atoms with E-state index in [-0.39, 0.29) is 0 Å². The van der Waals surface area contributed by atoms with Crippen molar-refractivity contribution in [3.63, 3.8) is 0 Å². The van der Waals surface area contributed by atoms with Crippen LogP contribution in [0, 0.1) is 6.92 Å². The molecule has 0 saturated heterocycles. The van der Waals surface area contributed by atoms with E-state index in [2.05, 4.69) is 20.5 Å². The summed E-state index contributed by atoms with van der Waals surface area (Å²) in [7, 11) is 1.65. The molecule has 0 aliphatic rings. The van der Waals surface area contributed by atoms with Crippen LogP contribution in [-0.4, -0.2) is 23.3 Å². The van der Waals surface area contributed by atoms with Crippen LogP contribution in [-0.2, 0) is 0 Å². The zero-order valence-electron chi connectivity index (χ0n) is 12.4. The number of fused-ring (bicyclic) bond motifs is 1. The highest BCUT2D eigenvalue weighted by Gasteiger charge is 2.02. The molecule has 0 spiro atoms. The molecule has 0 atom stereocenters. The molecule has 2 aromatic heterocycles. The van der Waals surface area contributed by atoms with E-state index < -0.39 is 0 Å². The first kappa shape index (κ1) is 14.0. The normalized spacial score (nSPS) is 11.0. The number of ether oxygens (including phenoxy) is 1. The number of methoxy groups -OCH3 is 1. The van der Waals surface area contributed by atoms with Gasteiger partial charge in [0, 0.05) is 17.3 Å². The van der Waals surface area contributed by atoms with Gasteiger partial charge in [-0.05, 0) is 43.3 Å². The Labute approximate surface area is 128 Å². The number of aromatic nitrogens is 2. The van der Waals surface area contributed by atoms with Crippen LogP contribution < -0.4 is 10.2 Å². The van der Waals surface area contributed by atoms with E-state index in [0.717, 1.165) is 33.7 Å². The van der Waals surface area contributed by atoms with E-state index in [1.54, 1.807) is 19.5 Å². The van der Waals surface area contributed by atoms with Crippen LogP contribution in [0.5, 0.6) is 5.75 Å². The molecular formula is C17H16N4O. The van der Waals surface area contributed by atoms with Crippen molar-refractivity contribution in [3.8, 4) is 5.75 Å². The van der Waals surface area contributed by atoms with E-state index in [0.29, 0.717) is 0 Å². The summed E-state index contributed by atoms with van der Waals surface area (Å²) in [5.41, 5.74) is 6.56. The molecule has 0 unspecified atom stereocenters. The van der Waals surface area contributed by atoms with Crippen molar-refractivity contribution in [2.45, 2.75) is 6.92 Å². The number of nitrogens with one attached hydrogen (secondary N) is 1. The van der Waals surface area contributed by atoms with Gasteiger partial charge in [0.1, 0.15) is 5.75 Å². The van der Waals surface area contributed by atoms with E-state index in [1.165, 1.54) is 0 Å². The molecule has 2 heterocycles. The Hall–Kier alpha value is -2.95. The maximum atomic E-state index is 5.26. The molecule has 0 aliphatic carbocycles. The molecule has 5 nitrogen and oxygen atoms in total. The molecule has 0 aliphatic heterocycles. The van der Waals surface area contributed by atoms with Gasteiger partial charge in [0.25, 0.3) is 0 Å². The molecule has 5 heteroatoms. The lowest BCUT2D eigenvalue weighted by molar-refractivity contribution is 0.415. The lowest BCUT2D eigenvalue weighted by Gasteiger charge is -2.07. The number of hydrogen-bond acceptors (Lipinski definition) is 5. The third-order valence-electron chi connectivity index (χ3n) is 3.24. The Kier molecular flexibility index (Phi) is 3.96. The molecule has 0 saturated carbocycles. The quantitative estimate of drug-likeness (QED) is 0.591. The summed E-state index contributed by atoms with van der Waals surface area (Å²) >= 11 is 0. The number of rotatable bonds is 4. The number of pyridine rings is 2. The van der Waals surface area contributed by atoms with Gasteiger partial charge in [-0.15, -0.1) is 0 Å². The van der Waals surface area contributed by atoms with E-state index >= 15 is 0 Å². The fraction of sp³-hybridized carbons (Fsp3) is 0.118. The molecule has 0 radical (unpaired) electrons. The maximum absolute atomic E-state index is 5.26. The van der Waals surface area contributed by atoms with Crippen molar-refractivity contribution in [1.82, 2.24) is 9.97 Å². The van der Waals surface area contributed by atoms with Crippen LogP contribution in [0.15, 0.2) is 53.8 Å². The van der Waals surface area contributed by atoms with Crippen LogP contribution in [0.3, 0.4) is 0 Å². The molecule has 110 valence electrons. The third-order valence-corrected chi connectivity index (χ3v) is 3.24. The molecule has 1 N–H and O–H groups in total. The van der Waals surface area contributed by atoms with Crippen molar-refractivity contribution >= 4 is 22.8 Å². The molecule has 0 bridgehead atoms. The number of benzene rings is 1. The summed E-state index contributed by atoms with van der Waals surface area (Å²) in [6, 6.07) is 13.4. The fourth-order valence-electron chi connectivity index (χ4n) is 2.15. The number of anilines is 1. The monoisotopic (exact) mass is 292 g/mol. The highest BCUT2D eigenvalue weighted by Crippen LogP contribution is 2.25. The van der Waals surface area contributed by atoms with Gasteiger partial charge in [-0.25, -0.2) is 0 Å². The van der Waals surface area contributed by atoms with Crippen LogP contribution in [0.2, 0.25) is 0 Å². The minimum atomic E-state index is 0.785. The zero-order valence-corrected chi connectivity index (χ0v) is 12.4. The van der Waals surface area contributed by atoms with Crippen molar-refractivity contribution < 1.29 is 4.74 Å². The summed E-state index contributed by atoms with van der Waals surface area (Å²) in [6.45, 7) is 1.95. The number of hydrogen-bond donors (Lipinski definition) is 1. The van der Waals surface area contributed by atoms with Crippen LogP contribution in [0.1, 0.15) is 11.4 Å². The number of hydrazone groups is 1. The third kappa shape index (κ3) is 3.03. The summed E-state index contributed by atoms with van der Waals surface area (Å²) in [4.78, 5) is 8.71. The SMILES string of the molecule is COc1ccc2nccc(NN=Cc3cccc(C)n3)c2c1. The maximum Gasteiger partial charge on any atom is 0.119 e. The summed E-state index contributed by atoms with van der Waals surface area (Å²) in [6.07, 6.45) is 3.44. The molecule has 0 fully saturated rings. The van der Waals surface area contributed by atoms with Gasteiger partial charge in [-0.2, -0.15) is 5.10 Å². The van der Waals surface area contributed by atoms with Gasteiger partial charge >= 0.3 is 0 Å². The van der Waals surface area contributed by atoms with Gasteiger partial charge in [0.15, 0.2) is 0 Å². The fourth-order valence-corrected chi connectivity index (χ4v) is 2.15. The summed E-state index contributed by atoms with van der Waals surface area (Å²) in [5.74, 6) is 0.785. The predicted octanol–water partition coefficient (Wildman–Crippen LogP) is 3.39.